The van der Waals surface area contributed by atoms with E-state index >= 15 is 0 Å². The molecule has 2 fully saturated rings. The summed E-state index contributed by atoms with van der Waals surface area (Å²) in [4.78, 5) is 19.6. The molecule has 0 spiro atoms. The van der Waals surface area contributed by atoms with Gasteiger partial charge in [-0.2, -0.15) is 0 Å². The lowest BCUT2D eigenvalue weighted by atomic mass is 9.79. The molecule has 1 aliphatic carbocycles. The Morgan fingerprint density at radius 1 is 1.13 bits per heavy atom. The number of aliphatic hydroxyl groups excluding tert-OH is 1. The van der Waals surface area contributed by atoms with Gasteiger partial charge in [-0.3, -0.25) is 9.78 Å². The molecular weight excluding hydrogens is 505 g/mol. The monoisotopic (exact) mass is 533 g/mol. The molecule has 1 amide bonds. The van der Waals surface area contributed by atoms with Gasteiger partial charge in [0.1, 0.15) is 17.7 Å². The predicted octanol–water partition coefficient (Wildman–Crippen LogP) is 4.59. The van der Waals surface area contributed by atoms with Crippen molar-refractivity contribution in [1.82, 2.24) is 9.88 Å². The molecule has 196 valence electrons. The number of aromatic nitrogens is 1. The quantitative estimate of drug-likeness (QED) is 0.393. The number of rotatable bonds is 3. The molecule has 4 atom stereocenters. The molecule has 1 saturated carbocycles. The number of pyridine rings is 1. The van der Waals surface area contributed by atoms with Crippen molar-refractivity contribution in [3.8, 4) is 0 Å². The topological polar surface area (TPSA) is 104 Å². The smallest absolute Gasteiger partial charge is 0.247 e. The molecular formula is C29H29ClFN5O2. The van der Waals surface area contributed by atoms with Crippen molar-refractivity contribution >= 4 is 28.9 Å². The fourth-order valence-corrected chi connectivity index (χ4v) is 5.84. The number of fused-ring (bicyclic) bond motifs is 4. The third-order valence-electron chi connectivity index (χ3n) is 7.90. The first kappa shape index (κ1) is 24.9. The molecule has 3 heterocycles. The lowest BCUT2D eigenvalue weighted by Crippen LogP contribution is -2.41. The van der Waals surface area contributed by atoms with Crippen LogP contribution >= 0.6 is 11.6 Å². The van der Waals surface area contributed by atoms with E-state index in [4.69, 9.17) is 17.3 Å². The van der Waals surface area contributed by atoms with E-state index in [0.29, 0.717) is 23.6 Å². The zero-order valence-electron chi connectivity index (χ0n) is 20.7. The van der Waals surface area contributed by atoms with Gasteiger partial charge in [-0.25, -0.2) is 4.39 Å². The van der Waals surface area contributed by atoms with Crippen LogP contribution in [0.25, 0.3) is 0 Å². The van der Waals surface area contributed by atoms with Gasteiger partial charge in [0, 0.05) is 36.1 Å². The summed E-state index contributed by atoms with van der Waals surface area (Å²) >= 11 is 6.09. The fourth-order valence-electron chi connectivity index (χ4n) is 5.71. The van der Waals surface area contributed by atoms with E-state index in [9.17, 15) is 14.3 Å². The number of halogens is 2. The average molecular weight is 534 g/mol. The van der Waals surface area contributed by atoms with Crippen LogP contribution in [0.4, 0.5) is 15.8 Å². The molecule has 2 unspecified atom stereocenters. The number of aliphatic hydroxyl groups is 1. The lowest BCUT2D eigenvalue weighted by molar-refractivity contribution is -0.119. The molecule has 3 aromatic rings. The number of benzene rings is 2. The molecule has 38 heavy (non-hydrogen) atoms. The first-order chi connectivity index (χ1) is 18.3. The standard InChI is InChI=1S/C29H29ClFN5O2/c30-20-2-4-21(5-3-20)34-27-23-13-17(23)7-10-29(32,18-8-11-33-12-9-18)19-1-6-24(31)25(14-19)35-28(38)26-15-22(37)16-36(26)27/h1-6,8-9,11-12,14,17,22,26,34,37H,7,10,13,15-16,32H2,(H,35,38)/b27-23+/t17?,22-,26-,29?/m1/s1. The number of nitrogens with zero attached hydrogens (tertiary/aromatic N) is 2. The van der Waals surface area contributed by atoms with Gasteiger partial charge >= 0.3 is 0 Å². The number of nitrogens with one attached hydrogen (secondary N) is 2. The van der Waals surface area contributed by atoms with Gasteiger partial charge < -0.3 is 26.4 Å². The summed E-state index contributed by atoms with van der Waals surface area (Å²) in [5.41, 5.74) is 9.88. The van der Waals surface area contributed by atoms with Crippen molar-refractivity contribution in [2.75, 3.05) is 17.2 Å². The number of hydrogen-bond acceptors (Lipinski definition) is 6. The maximum atomic E-state index is 15.0. The van der Waals surface area contributed by atoms with E-state index in [2.05, 4.69) is 15.6 Å². The maximum absolute atomic E-state index is 15.0. The normalized spacial score (nSPS) is 28.8. The number of hydrogen-bond donors (Lipinski definition) is 4. The highest BCUT2D eigenvalue weighted by atomic mass is 35.5. The van der Waals surface area contributed by atoms with E-state index in [-0.39, 0.29) is 23.9 Å². The SMILES string of the molecule is NC1(c2ccncc2)CCC2C/C2=C(/Nc2ccc(Cl)cc2)N2C[C@H](O)C[C@@H]2C(=O)Nc2cc1ccc2F. The molecule has 7 nitrogen and oxygen atoms in total. The molecule has 2 bridgehead atoms. The van der Waals surface area contributed by atoms with Crippen LogP contribution in [0, 0.1) is 11.7 Å². The second kappa shape index (κ2) is 9.69. The van der Waals surface area contributed by atoms with Crippen molar-refractivity contribution in [3.63, 3.8) is 0 Å². The molecule has 1 aromatic heterocycles. The number of allylic oxidation sites excluding steroid dienone is 1. The summed E-state index contributed by atoms with van der Waals surface area (Å²) < 4.78 is 15.0. The van der Waals surface area contributed by atoms with E-state index in [0.717, 1.165) is 29.9 Å². The third kappa shape index (κ3) is 4.64. The molecule has 0 radical (unpaired) electrons. The molecule has 2 aromatic carbocycles. The van der Waals surface area contributed by atoms with Crippen molar-refractivity contribution in [3.05, 3.63) is 100 Å². The van der Waals surface area contributed by atoms with Crippen molar-refractivity contribution in [2.45, 2.75) is 43.4 Å². The number of anilines is 2. The second-order valence-corrected chi connectivity index (χ2v) is 10.8. The largest absolute Gasteiger partial charge is 0.391 e. The Hall–Kier alpha value is -3.46. The zero-order chi connectivity index (χ0) is 26.4. The van der Waals surface area contributed by atoms with Gasteiger partial charge in [0.25, 0.3) is 0 Å². The van der Waals surface area contributed by atoms with E-state index in [1.807, 2.05) is 29.2 Å². The minimum absolute atomic E-state index is 0.0713. The van der Waals surface area contributed by atoms with Crippen LogP contribution in [0.5, 0.6) is 0 Å². The minimum atomic E-state index is -0.895. The zero-order valence-corrected chi connectivity index (χ0v) is 21.5. The Bertz CT molecular complexity index is 1400. The number of amides is 1. The summed E-state index contributed by atoms with van der Waals surface area (Å²) in [6, 6.07) is 15.1. The Morgan fingerprint density at radius 3 is 2.66 bits per heavy atom. The summed E-state index contributed by atoms with van der Waals surface area (Å²) in [5, 5.41) is 17.5. The van der Waals surface area contributed by atoms with Crippen LogP contribution in [0.2, 0.25) is 5.02 Å². The van der Waals surface area contributed by atoms with Crippen LogP contribution < -0.4 is 16.4 Å². The first-order valence-electron chi connectivity index (χ1n) is 12.8. The maximum Gasteiger partial charge on any atom is 0.247 e. The van der Waals surface area contributed by atoms with Crippen LogP contribution in [0.3, 0.4) is 0 Å². The molecule has 5 N–H and O–H groups in total. The van der Waals surface area contributed by atoms with Crippen LogP contribution in [0.15, 0.2) is 78.4 Å². The highest BCUT2D eigenvalue weighted by Crippen LogP contribution is 2.48. The van der Waals surface area contributed by atoms with Gasteiger partial charge in [-0.15, -0.1) is 0 Å². The highest BCUT2D eigenvalue weighted by Gasteiger charge is 2.44. The van der Waals surface area contributed by atoms with Gasteiger partial charge in [-0.1, -0.05) is 17.7 Å². The van der Waals surface area contributed by atoms with Crippen LogP contribution in [-0.2, 0) is 10.3 Å². The third-order valence-corrected chi connectivity index (χ3v) is 8.15. The summed E-state index contributed by atoms with van der Waals surface area (Å²) in [7, 11) is 0. The number of carbonyl (C=O) groups is 1. The van der Waals surface area contributed by atoms with E-state index in [1.165, 1.54) is 11.6 Å². The molecule has 1 saturated heterocycles. The molecule has 9 heteroatoms. The fraction of sp³-hybridized carbons (Fsp3) is 0.310. The lowest BCUT2D eigenvalue weighted by Gasteiger charge is -2.31. The Kier molecular flexibility index (Phi) is 6.34. The predicted molar refractivity (Wildman–Crippen MR) is 145 cm³/mol. The number of nitrogens with two attached hydrogens (primary N) is 1. The number of carbonyl (C=O) groups excluding carboxylic acids is 1. The summed E-state index contributed by atoms with van der Waals surface area (Å²) in [5.74, 6) is 0.153. The molecule has 6 rings (SSSR count). The van der Waals surface area contributed by atoms with E-state index in [1.54, 1.807) is 36.7 Å². The summed E-state index contributed by atoms with van der Waals surface area (Å²) in [6.07, 6.45) is 5.24. The Labute approximate surface area is 225 Å². The minimum Gasteiger partial charge on any atom is -0.391 e. The van der Waals surface area contributed by atoms with E-state index < -0.39 is 23.5 Å². The van der Waals surface area contributed by atoms with Crippen LogP contribution in [0.1, 0.15) is 36.8 Å². The van der Waals surface area contributed by atoms with Gasteiger partial charge in [0.05, 0.1) is 17.3 Å². The molecule has 2 aliphatic heterocycles. The van der Waals surface area contributed by atoms with Gasteiger partial charge in [0.2, 0.25) is 5.91 Å². The van der Waals surface area contributed by atoms with Gasteiger partial charge in [0.15, 0.2) is 0 Å². The van der Waals surface area contributed by atoms with Crippen molar-refractivity contribution in [1.29, 1.82) is 0 Å². The van der Waals surface area contributed by atoms with Crippen molar-refractivity contribution < 1.29 is 14.3 Å². The van der Waals surface area contributed by atoms with Crippen molar-refractivity contribution in [2.24, 2.45) is 11.7 Å². The Balaban J connectivity index is 1.44. The average Bonchev–Trinajstić information content (AvgIpc) is 3.59. The highest BCUT2D eigenvalue weighted by molar-refractivity contribution is 6.30. The first-order valence-corrected chi connectivity index (χ1v) is 13.2. The van der Waals surface area contributed by atoms with Crippen LogP contribution in [-0.4, -0.2) is 39.6 Å². The second-order valence-electron chi connectivity index (χ2n) is 10.4. The van der Waals surface area contributed by atoms with Gasteiger partial charge in [-0.05, 0) is 90.4 Å². The Morgan fingerprint density at radius 2 is 1.89 bits per heavy atom. The summed E-state index contributed by atoms with van der Waals surface area (Å²) in [6.45, 7) is 0.296. The molecule has 3 aliphatic rings.